The van der Waals surface area contributed by atoms with Crippen molar-refractivity contribution in [2.45, 2.75) is 26.2 Å². The summed E-state index contributed by atoms with van der Waals surface area (Å²) in [6.45, 7) is 6.49. The third-order valence-corrected chi connectivity index (χ3v) is 5.05. The SMILES string of the molecule is CC(CNC(=O)c1ccc(Br)s1)CN1CCCCC1. The molecule has 2 rings (SSSR count). The molecule has 0 aromatic carbocycles. The summed E-state index contributed by atoms with van der Waals surface area (Å²) >= 11 is 4.86. The fourth-order valence-electron chi connectivity index (χ4n) is 2.44. The molecule has 1 aromatic heterocycles. The topological polar surface area (TPSA) is 32.3 Å². The third kappa shape index (κ3) is 4.89. The summed E-state index contributed by atoms with van der Waals surface area (Å²) in [5, 5.41) is 3.03. The van der Waals surface area contributed by atoms with E-state index in [2.05, 4.69) is 33.1 Å². The van der Waals surface area contributed by atoms with E-state index in [1.807, 2.05) is 12.1 Å². The maximum atomic E-state index is 11.9. The van der Waals surface area contributed by atoms with Gasteiger partial charge in [0.2, 0.25) is 0 Å². The minimum Gasteiger partial charge on any atom is -0.351 e. The van der Waals surface area contributed by atoms with Crippen LogP contribution in [0.5, 0.6) is 0 Å². The molecule has 1 aliphatic heterocycles. The smallest absolute Gasteiger partial charge is 0.261 e. The molecule has 0 radical (unpaired) electrons. The molecule has 0 spiro atoms. The number of halogens is 1. The molecule has 1 atom stereocenters. The second kappa shape index (κ2) is 7.41. The van der Waals surface area contributed by atoms with Crippen molar-refractivity contribution < 1.29 is 4.79 Å². The molecule has 5 heteroatoms. The number of piperidine rings is 1. The van der Waals surface area contributed by atoms with E-state index in [9.17, 15) is 4.79 Å². The van der Waals surface area contributed by atoms with Crippen molar-refractivity contribution in [1.29, 1.82) is 0 Å². The zero-order valence-electron chi connectivity index (χ0n) is 11.3. The number of hydrogen-bond acceptors (Lipinski definition) is 3. The number of hydrogen-bond donors (Lipinski definition) is 1. The molecule has 19 heavy (non-hydrogen) atoms. The Morgan fingerprint density at radius 2 is 2.16 bits per heavy atom. The van der Waals surface area contributed by atoms with Crippen LogP contribution >= 0.6 is 27.3 Å². The van der Waals surface area contributed by atoms with E-state index in [0.717, 1.165) is 21.8 Å². The summed E-state index contributed by atoms with van der Waals surface area (Å²) in [7, 11) is 0. The highest BCUT2D eigenvalue weighted by Gasteiger charge is 2.15. The number of amides is 1. The molecular weight excluding hydrogens is 324 g/mol. The number of carbonyl (C=O) groups excluding carboxylic acids is 1. The Hall–Kier alpha value is -0.390. The van der Waals surface area contributed by atoms with Gasteiger partial charge < -0.3 is 10.2 Å². The molecule has 1 unspecified atom stereocenters. The van der Waals surface area contributed by atoms with Gasteiger partial charge in [0, 0.05) is 13.1 Å². The zero-order chi connectivity index (χ0) is 13.7. The van der Waals surface area contributed by atoms with Crippen LogP contribution < -0.4 is 5.32 Å². The Morgan fingerprint density at radius 3 is 2.79 bits per heavy atom. The summed E-state index contributed by atoms with van der Waals surface area (Å²) < 4.78 is 0.999. The Bertz CT molecular complexity index is 415. The molecule has 3 nitrogen and oxygen atoms in total. The number of thiophene rings is 1. The molecule has 2 heterocycles. The van der Waals surface area contributed by atoms with Crippen LogP contribution in [-0.4, -0.2) is 37.0 Å². The molecular formula is C14H21BrN2OS. The van der Waals surface area contributed by atoms with Crippen LogP contribution in [-0.2, 0) is 0 Å². The first kappa shape index (κ1) is 15.0. The van der Waals surface area contributed by atoms with Crippen LogP contribution in [0.4, 0.5) is 0 Å². The lowest BCUT2D eigenvalue weighted by Gasteiger charge is -2.29. The van der Waals surface area contributed by atoms with E-state index >= 15 is 0 Å². The maximum Gasteiger partial charge on any atom is 0.261 e. The third-order valence-electron chi connectivity index (χ3n) is 3.43. The second-order valence-electron chi connectivity index (χ2n) is 5.28. The van der Waals surface area contributed by atoms with Gasteiger partial charge in [-0.25, -0.2) is 0 Å². The standard InChI is InChI=1S/C14H21BrN2OS/c1-11(10-17-7-3-2-4-8-17)9-16-14(18)12-5-6-13(15)19-12/h5-6,11H,2-4,7-10H2,1H3,(H,16,18). The number of nitrogens with zero attached hydrogens (tertiary/aromatic N) is 1. The highest BCUT2D eigenvalue weighted by molar-refractivity contribution is 9.11. The molecule has 1 aromatic rings. The lowest BCUT2D eigenvalue weighted by molar-refractivity contribution is 0.0946. The normalized spacial score (nSPS) is 18.2. The quantitative estimate of drug-likeness (QED) is 0.888. The van der Waals surface area contributed by atoms with Gasteiger partial charge in [0.25, 0.3) is 5.91 Å². The predicted molar refractivity (Wildman–Crippen MR) is 83.8 cm³/mol. The zero-order valence-corrected chi connectivity index (χ0v) is 13.7. The molecule has 106 valence electrons. The molecule has 0 saturated carbocycles. The van der Waals surface area contributed by atoms with E-state index in [1.165, 1.54) is 43.7 Å². The van der Waals surface area contributed by atoms with Crippen molar-refractivity contribution >= 4 is 33.2 Å². The van der Waals surface area contributed by atoms with Gasteiger partial charge in [-0.05, 0) is 59.9 Å². The molecule has 1 N–H and O–H groups in total. The van der Waals surface area contributed by atoms with Crippen LogP contribution in [0.3, 0.4) is 0 Å². The second-order valence-corrected chi connectivity index (χ2v) is 7.74. The van der Waals surface area contributed by atoms with Crippen LogP contribution in [0, 0.1) is 5.92 Å². The largest absolute Gasteiger partial charge is 0.351 e. The first-order valence-electron chi connectivity index (χ1n) is 6.91. The number of rotatable bonds is 5. The Morgan fingerprint density at radius 1 is 1.42 bits per heavy atom. The molecule has 1 saturated heterocycles. The van der Waals surface area contributed by atoms with E-state index in [4.69, 9.17) is 0 Å². The monoisotopic (exact) mass is 344 g/mol. The van der Waals surface area contributed by atoms with Gasteiger partial charge >= 0.3 is 0 Å². The molecule has 1 amide bonds. The van der Waals surface area contributed by atoms with Gasteiger partial charge in [-0.15, -0.1) is 11.3 Å². The van der Waals surface area contributed by atoms with Gasteiger partial charge in [-0.2, -0.15) is 0 Å². The predicted octanol–water partition coefficient (Wildman–Crippen LogP) is 3.36. The van der Waals surface area contributed by atoms with Crippen LogP contribution in [0.25, 0.3) is 0 Å². The molecule has 0 aliphatic carbocycles. The highest BCUT2D eigenvalue weighted by atomic mass is 79.9. The minimum absolute atomic E-state index is 0.0428. The van der Waals surface area contributed by atoms with Gasteiger partial charge in [-0.1, -0.05) is 13.3 Å². The summed E-state index contributed by atoms with van der Waals surface area (Å²) in [6.07, 6.45) is 4.01. The van der Waals surface area contributed by atoms with E-state index < -0.39 is 0 Å². The van der Waals surface area contributed by atoms with Gasteiger partial charge in [0.15, 0.2) is 0 Å². The first-order valence-corrected chi connectivity index (χ1v) is 8.52. The average Bonchev–Trinajstić information content (AvgIpc) is 2.84. The van der Waals surface area contributed by atoms with Crippen LogP contribution in [0.1, 0.15) is 35.9 Å². The maximum absolute atomic E-state index is 11.9. The summed E-state index contributed by atoms with van der Waals surface area (Å²) in [5.74, 6) is 0.548. The first-order chi connectivity index (χ1) is 9.15. The van der Waals surface area contributed by atoms with E-state index in [1.54, 1.807) is 0 Å². The van der Waals surface area contributed by atoms with Crippen molar-refractivity contribution in [1.82, 2.24) is 10.2 Å². The minimum atomic E-state index is 0.0428. The van der Waals surface area contributed by atoms with Crippen molar-refractivity contribution in [3.05, 3.63) is 20.8 Å². The Labute approximate surface area is 127 Å². The Kier molecular flexibility index (Phi) is 5.85. The summed E-state index contributed by atoms with van der Waals surface area (Å²) in [5.41, 5.74) is 0. The number of likely N-dealkylation sites (tertiary alicyclic amines) is 1. The summed E-state index contributed by atoms with van der Waals surface area (Å²) in [4.78, 5) is 15.2. The molecule has 0 bridgehead atoms. The lowest BCUT2D eigenvalue weighted by atomic mass is 10.1. The molecule has 1 fully saturated rings. The van der Waals surface area contributed by atoms with E-state index in [-0.39, 0.29) is 5.91 Å². The van der Waals surface area contributed by atoms with Crippen molar-refractivity contribution in [3.8, 4) is 0 Å². The van der Waals surface area contributed by atoms with Gasteiger partial charge in [0.05, 0.1) is 8.66 Å². The fraction of sp³-hybridized carbons (Fsp3) is 0.643. The van der Waals surface area contributed by atoms with Crippen molar-refractivity contribution in [3.63, 3.8) is 0 Å². The summed E-state index contributed by atoms with van der Waals surface area (Å²) in [6, 6.07) is 3.77. The highest BCUT2D eigenvalue weighted by Crippen LogP contribution is 2.21. The van der Waals surface area contributed by atoms with E-state index in [0.29, 0.717) is 5.92 Å². The van der Waals surface area contributed by atoms with Crippen molar-refractivity contribution in [2.24, 2.45) is 5.92 Å². The fourth-order valence-corrected chi connectivity index (χ4v) is 3.74. The van der Waals surface area contributed by atoms with Crippen LogP contribution in [0.2, 0.25) is 0 Å². The van der Waals surface area contributed by atoms with Gasteiger partial charge in [-0.3, -0.25) is 4.79 Å². The van der Waals surface area contributed by atoms with Crippen molar-refractivity contribution in [2.75, 3.05) is 26.2 Å². The number of carbonyl (C=O) groups is 1. The molecule has 1 aliphatic rings. The Balaban J connectivity index is 1.70. The average molecular weight is 345 g/mol. The van der Waals surface area contributed by atoms with Gasteiger partial charge in [0.1, 0.15) is 0 Å². The number of nitrogens with one attached hydrogen (secondary N) is 1. The van der Waals surface area contributed by atoms with Crippen LogP contribution in [0.15, 0.2) is 15.9 Å². The lowest BCUT2D eigenvalue weighted by Crippen LogP contribution is -2.37.